The quantitative estimate of drug-likeness (QED) is 0.388. The standard InChI is InChI=1S/C8H12N2O2.CHNO/c11-7-9-5-3-1-2-4-6-10-8-12;2-1-3/h1-6H2;2H. The average Bonchev–Trinajstić information content (AvgIpc) is 2.23. The summed E-state index contributed by atoms with van der Waals surface area (Å²) in [6.45, 7) is 1.11. The van der Waals surface area contributed by atoms with Crippen molar-refractivity contribution in [3.63, 3.8) is 0 Å². The lowest BCUT2D eigenvalue weighted by Crippen LogP contribution is -1.84. The Morgan fingerprint density at radius 2 is 1.13 bits per heavy atom. The topological polar surface area (TPSA) is 99.8 Å². The third-order valence-electron chi connectivity index (χ3n) is 1.42. The minimum absolute atomic E-state index is 0.556. The highest BCUT2D eigenvalue weighted by Gasteiger charge is 1.87. The minimum atomic E-state index is 0.556. The second kappa shape index (κ2) is 18.0. The smallest absolute Gasteiger partial charge is 0.222 e. The highest BCUT2D eigenvalue weighted by molar-refractivity contribution is 5.32. The van der Waals surface area contributed by atoms with Gasteiger partial charge in [-0.25, -0.2) is 29.8 Å². The lowest BCUT2D eigenvalue weighted by Gasteiger charge is -1.93. The molecule has 0 atom stereocenters. The van der Waals surface area contributed by atoms with Crippen molar-refractivity contribution in [3.05, 3.63) is 0 Å². The maximum absolute atomic E-state index is 9.63. The molecule has 0 aromatic rings. The molecule has 0 aliphatic carbocycles. The van der Waals surface area contributed by atoms with E-state index in [9.17, 15) is 9.59 Å². The molecule has 0 amide bonds. The lowest BCUT2D eigenvalue weighted by molar-refractivity contribution is 0.558. The Morgan fingerprint density at radius 3 is 1.40 bits per heavy atom. The zero-order chi connectivity index (χ0) is 11.8. The fraction of sp³-hybridized carbons (Fsp3) is 0.667. The maximum atomic E-state index is 9.63. The van der Waals surface area contributed by atoms with Crippen LogP contribution in [-0.4, -0.2) is 31.3 Å². The molecule has 15 heavy (non-hydrogen) atoms. The Bertz CT molecular complexity index is 238. The van der Waals surface area contributed by atoms with Crippen LogP contribution in [-0.2, 0) is 14.4 Å². The molecule has 0 aromatic carbocycles. The fourth-order valence-electron chi connectivity index (χ4n) is 0.827. The Morgan fingerprint density at radius 1 is 0.800 bits per heavy atom. The number of carbonyl (C=O) groups excluding carboxylic acids is 3. The van der Waals surface area contributed by atoms with E-state index >= 15 is 0 Å². The van der Waals surface area contributed by atoms with E-state index in [2.05, 4.69) is 9.98 Å². The Kier molecular flexibility index (Phi) is 18.8. The summed E-state index contributed by atoms with van der Waals surface area (Å²) in [7, 11) is 0. The van der Waals surface area contributed by atoms with E-state index in [0.29, 0.717) is 13.1 Å². The molecule has 1 N–H and O–H groups in total. The van der Waals surface area contributed by atoms with Crippen molar-refractivity contribution in [1.29, 1.82) is 5.41 Å². The van der Waals surface area contributed by atoms with Gasteiger partial charge in [-0.05, 0) is 12.8 Å². The van der Waals surface area contributed by atoms with Crippen molar-refractivity contribution in [2.45, 2.75) is 25.7 Å². The third-order valence-corrected chi connectivity index (χ3v) is 1.42. The minimum Gasteiger partial charge on any atom is -0.222 e. The summed E-state index contributed by atoms with van der Waals surface area (Å²) in [6, 6.07) is 0. The highest BCUT2D eigenvalue weighted by atomic mass is 16.1. The van der Waals surface area contributed by atoms with Gasteiger partial charge < -0.3 is 0 Å². The normalized spacial score (nSPS) is 7.20. The third kappa shape index (κ3) is 24.5. The lowest BCUT2D eigenvalue weighted by atomic mass is 10.2. The predicted octanol–water partition coefficient (Wildman–Crippen LogP) is 1.12. The van der Waals surface area contributed by atoms with E-state index in [4.69, 9.17) is 10.2 Å². The van der Waals surface area contributed by atoms with Gasteiger partial charge in [0.15, 0.2) is 0 Å². The van der Waals surface area contributed by atoms with E-state index in [1.165, 1.54) is 12.2 Å². The van der Waals surface area contributed by atoms with Crippen molar-refractivity contribution >= 4 is 18.2 Å². The summed E-state index contributed by atoms with van der Waals surface area (Å²) >= 11 is 0. The monoisotopic (exact) mass is 211 g/mol. The molecular formula is C9H13N3O3. The van der Waals surface area contributed by atoms with Gasteiger partial charge in [0, 0.05) is 0 Å². The number of isocyanates is 3. The van der Waals surface area contributed by atoms with Gasteiger partial charge in [0.25, 0.3) is 0 Å². The van der Waals surface area contributed by atoms with Crippen LogP contribution in [0.25, 0.3) is 0 Å². The summed E-state index contributed by atoms with van der Waals surface area (Å²) in [5.41, 5.74) is 0. The van der Waals surface area contributed by atoms with E-state index < -0.39 is 0 Å². The molecule has 0 unspecified atom stereocenters. The molecule has 0 radical (unpaired) electrons. The number of rotatable bonds is 7. The largest absolute Gasteiger partial charge is 0.234 e. The van der Waals surface area contributed by atoms with Gasteiger partial charge in [0.1, 0.15) is 0 Å². The second-order valence-corrected chi connectivity index (χ2v) is 2.46. The van der Waals surface area contributed by atoms with Crippen molar-refractivity contribution in [1.82, 2.24) is 0 Å². The van der Waals surface area contributed by atoms with Gasteiger partial charge >= 0.3 is 0 Å². The van der Waals surface area contributed by atoms with Crippen LogP contribution in [0.1, 0.15) is 25.7 Å². The molecule has 82 valence electrons. The van der Waals surface area contributed by atoms with Crippen molar-refractivity contribution < 1.29 is 14.4 Å². The molecule has 6 heteroatoms. The molecule has 0 rings (SSSR count). The van der Waals surface area contributed by atoms with Gasteiger partial charge in [-0.3, -0.25) is 0 Å². The van der Waals surface area contributed by atoms with Crippen molar-refractivity contribution in [2.24, 2.45) is 9.98 Å². The molecule has 0 bridgehead atoms. The molecule has 0 spiro atoms. The molecule has 0 aliphatic heterocycles. The summed E-state index contributed by atoms with van der Waals surface area (Å²) in [5, 5.41) is 5.40. The van der Waals surface area contributed by atoms with E-state index in [-0.39, 0.29) is 0 Å². The van der Waals surface area contributed by atoms with Crippen LogP contribution in [0.3, 0.4) is 0 Å². The van der Waals surface area contributed by atoms with E-state index in [1.54, 1.807) is 0 Å². The maximum Gasteiger partial charge on any atom is 0.234 e. The van der Waals surface area contributed by atoms with E-state index in [1.807, 2.05) is 0 Å². The van der Waals surface area contributed by atoms with Crippen LogP contribution in [0.4, 0.5) is 0 Å². The van der Waals surface area contributed by atoms with Crippen LogP contribution < -0.4 is 0 Å². The Hall–Kier alpha value is -1.86. The molecule has 0 heterocycles. The van der Waals surface area contributed by atoms with Crippen LogP contribution in [0.15, 0.2) is 9.98 Å². The Labute approximate surface area is 87.6 Å². The molecule has 0 saturated heterocycles. The van der Waals surface area contributed by atoms with Crippen molar-refractivity contribution in [2.75, 3.05) is 13.1 Å². The number of nitrogens with one attached hydrogen (secondary N) is 1. The average molecular weight is 211 g/mol. The van der Waals surface area contributed by atoms with Crippen LogP contribution in [0, 0.1) is 5.41 Å². The Balaban J connectivity index is 0. The SMILES string of the molecule is N=C=O.O=C=NCCCCCCN=C=O. The number of nitrogens with zero attached hydrogens (tertiary/aromatic N) is 2. The summed E-state index contributed by atoms with van der Waals surface area (Å²) in [5.74, 6) is 0. The van der Waals surface area contributed by atoms with Crippen molar-refractivity contribution in [3.8, 4) is 0 Å². The summed E-state index contributed by atoms with van der Waals surface area (Å²) < 4.78 is 0. The zero-order valence-electron chi connectivity index (χ0n) is 8.36. The van der Waals surface area contributed by atoms with Crippen LogP contribution in [0.2, 0.25) is 0 Å². The molecule has 0 fully saturated rings. The molecular weight excluding hydrogens is 198 g/mol. The van der Waals surface area contributed by atoms with Crippen LogP contribution >= 0.6 is 0 Å². The van der Waals surface area contributed by atoms with E-state index in [0.717, 1.165) is 31.8 Å². The molecule has 0 aliphatic rings. The molecule has 0 aromatic heterocycles. The number of hydrogen-bond acceptors (Lipinski definition) is 6. The predicted molar refractivity (Wildman–Crippen MR) is 52.9 cm³/mol. The number of unbranched alkanes of at least 4 members (excludes halogenated alkanes) is 3. The molecule has 6 nitrogen and oxygen atoms in total. The fourth-order valence-corrected chi connectivity index (χ4v) is 0.827. The first-order chi connectivity index (χ1) is 7.33. The van der Waals surface area contributed by atoms with Crippen LogP contribution in [0.5, 0.6) is 0 Å². The first-order valence-electron chi connectivity index (χ1n) is 4.44. The first kappa shape index (κ1) is 15.6. The summed E-state index contributed by atoms with van der Waals surface area (Å²) in [4.78, 5) is 34.4. The number of aliphatic imine (C=N–C) groups is 2. The van der Waals surface area contributed by atoms with Gasteiger partial charge in [-0.2, -0.15) is 0 Å². The van der Waals surface area contributed by atoms with Gasteiger partial charge in [0.2, 0.25) is 18.2 Å². The zero-order valence-corrected chi connectivity index (χ0v) is 8.36. The number of hydrogen-bond donors (Lipinski definition) is 1. The molecule has 0 saturated carbocycles. The highest BCUT2D eigenvalue weighted by Crippen LogP contribution is 1.99. The first-order valence-corrected chi connectivity index (χ1v) is 4.44. The van der Waals surface area contributed by atoms with Gasteiger partial charge in [-0.15, -0.1) is 0 Å². The van der Waals surface area contributed by atoms with Gasteiger partial charge in [0.05, 0.1) is 13.1 Å². The summed E-state index contributed by atoms with van der Waals surface area (Å²) in [6.07, 6.45) is 7.55. The second-order valence-electron chi connectivity index (χ2n) is 2.46. The van der Waals surface area contributed by atoms with Gasteiger partial charge in [-0.1, -0.05) is 12.8 Å².